The highest BCUT2D eigenvalue weighted by molar-refractivity contribution is 5.82. The number of hydrogen-bond acceptors (Lipinski definition) is 3. The molecule has 0 rings (SSSR count). The van der Waals surface area contributed by atoms with Gasteiger partial charge in [0.2, 0.25) is 0 Å². The second kappa shape index (κ2) is 3.16. The van der Waals surface area contributed by atoms with Crippen molar-refractivity contribution in [2.45, 2.75) is 19.5 Å². The number of hydrogen-bond donors (Lipinski definition) is 0. The summed E-state index contributed by atoms with van der Waals surface area (Å²) in [5.41, 5.74) is -2.50. The Balaban J connectivity index is 4.09. The quantitative estimate of drug-likeness (QED) is 0.540. The predicted octanol–water partition coefficient (Wildman–Crippen LogP) is 0.801. The molecule has 0 fully saturated rings. The first-order valence-corrected chi connectivity index (χ1v) is 2.82. The van der Waals surface area contributed by atoms with E-state index in [4.69, 9.17) is 5.26 Å². The van der Waals surface area contributed by atoms with Crippen molar-refractivity contribution in [3.8, 4) is 6.07 Å². The van der Waals surface area contributed by atoms with Crippen molar-refractivity contribution in [3.63, 3.8) is 0 Å². The van der Waals surface area contributed by atoms with Crippen molar-refractivity contribution in [2.75, 3.05) is 6.61 Å². The van der Waals surface area contributed by atoms with Gasteiger partial charge in [0.25, 0.3) is 5.67 Å². The molecule has 0 aromatic carbocycles. The monoisotopic (exact) mass is 145 g/mol. The molecular weight excluding hydrogens is 137 g/mol. The number of rotatable bonds is 2. The van der Waals surface area contributed by atoms with Gasteiger partial charge in [-0.2, -0.15) is 5.26 Å². The average molecular weight is 145 g/mol. The van der Waals surface area contributed by atoms with Gasteiger partial charge >= 0.3 is 5.97 Å². The lowest BCUT2D eigenvalue weighted by atomic mass is 10.2. The molecule has 0 aromatic rings. The van der Waals surface area contributed by atoms with Gasteiger partial charge < -0.3 is 4.74 Å². The molecule has 1 atom stereocenters. The van der Waals surface area contributed by atoms with E-state index in [-0.39, 0.29) is 6.61 Å². The Bertz CT molecular complexity index is 171. The molecule has 0 aliphatic carbocycles. The summed E-state index contributed by atoms with van der Waals surface area (Å²) in [5.74, 6) is -1.13. The molecule has 0 amide bonds. The van der Waals surface area contributed by atoms with Crippen LogP contribution < -0.4 is 0 Å². The van der Waals surface area contributed by atoms with Crippen molar-refractivity contribution in [1.29, 1.82) is 5.26 Å². The van der Waals surface area contributed by atoms with Crippen LogP contribution in [0.1, 0.15) is 13.8 Å². The maximum Gasteiger partial charge on any atom is 0.358 e. The second-order valence-electron chi connectivity index (χ2n) is 1.84. The van der Waals surface area contributed by atoms with E-state index in [2.05, 4.69) is 4.74 Å². The SMILES string of the molecule is CCOC(=O)C(C)(F)C#N. The summed E-state index contributed by atoms with van der Waals surface area (Å²) < 4.78 is 16.8. The maximum absolute atomic E-state index is 12.6. The van der Waals surface area contributed by atoms with Gasteiger partial charge in [0, 0.05) is 0 Å². The number of esters is 1. The molecule has 0 saturated heterocycles. The van der Waals surface area contributed by atoms with E-state index in [0.29, 0.717) is 0 Å². The lowest BCUT2D eigenvalue weighted by Gasteiger charge is -2.08. The summed E-state index contributed by atoms with van der Waals surface area (Å²) in [7, 11) is 0. The van der Waals surface area contributed by atoms with Gasteiger partial charge in [0.15, 0.2) is 0 Å². The number of carbonyl (C=O) groups excluding carboxylic acids is 1. The molecule has 1 unspecified atom stereocenters. The molecule has 0 aliphatic heterocycles. The smallest absolute Gasteiger partial charge is 0.358 e. The minimum absolute atomic E-state index is 0.0834. The van der Waals surface area contributed by atoms with Crippen LogP contribution in [0.2, 0.25) is 0 Å². The number of nitrogens with zero attached hydrogens (tertiary/aromatic N) is 1. The maximum atomic E-state index is 12.6. The van der Waals surface area contributed by atoms with Crippen LogP contribution in [0, 0.1) is 11.3 Å². The van der Waals surface area contributed by atoms with E-state index < -0.39 is 11.6 Å². The van der Waals surface area contributed by atoms with Crippen LogP contribution in [0.4, 0.5) is 4.39 Å². The van der Waals surface area contributed by atoms with Crippen molar-refractivity contribution >= 4 is 5.97 Å². The zero-order valence-electron chi connectivity index (χ0n) is 5.85. The molecule has 0 N–H and O–H groups in total. The largest absolute Gasteiger partial charge is 0.463 e. The van der Waals surface area contributed by atoms with Gasteiger partial charge in [-0.25, -0.2) is 9.18 Å². The molecule has 0 radical (unpaired) electrons. The Morgan fingerprint density at radius 3 is 2.70 bits per heavy atom. The Morgan fingerprint density at radius 2 is 2.40 bits per heavy atom. The lowest BCUT2D eigenvalue weighted by molar-refractivity contribution is -0.152. The highest BCUT2D eigenvalue weighted by atomic mass is 19.1. The average Bonchev–Trinajstić information content (AvgIpc) is 1.89. The number of halogens is 1. The molecule has 0 aromatic heterocycles. The zero-order chi connectivity index (χ0) is 8.20. The third kappa shape index (κ3) is 2.02. The van der Waals surface area contributed by atoms with Crippen LogP contribution in [0.15, 0.2) is 0 Å². The Hall–Kier alpha value is -1.11. The predicted molar refractivity (Wildman–Crippen MR) is 31.8 cm³/mol. The molecule has 0 bridgehead atoms. The topological polar surface area (TPSA) is 50.1 Å². The fourth-order valence-corrected chi connectivity index (χ4v) is 0.312. The molecular formula is C6H8FNO2. The molecule has 10 heavy (non-hydrogen) atoms. The fraction of sp³-hybridized carbons (Fsp3) is 0.667. The van der Waals surface area contributed by atoms with Crippen molar-refractivity contribution < 1.29 is 13.9 Å². The molecule has 0 aliphatic rings. The number of alkyl halides is 1. The van der Waals surface area contributed by atoms with Crippen LogP contribution >= 0.6 is 0 Å². The van der Waals surface area contributed by atoms with Gasteiger partial charge in [-0.05, 0) is 13.8 Å². The van der Waals surface area contributed by atoms with Crippen molar-refractivity contribution in [3.05, 3.63) is 0 Å². The Labute approximate surface area is 58.4 Å². The molecule has 56 valence electrons. The summed E-state index contributed by atoms with van der Waals surface area (Å²) in [5, 5.41) is 8.07. The Morgan fingerprint density at radius 1 is 1.90 bits per heavy atom. The van der Waals surface area contributed by atoms with E-state index in [1.165, 1.54) is 6.07 Å². The lowest BCUT2D eigenvalue weighted by Crippen LogP contribution is -2.30. The molecule has 4 heteroatoms. The van der Waals surface area contributed by atoms with Gasteiger partial charge in [-0.15, -0.1) is 0 Å². The summed E-state index contributed by atoms with van der Waals surface area (Å²) >= 11 is 0. The number of nitriles is 1. The second-order valence-corrected chi connectivity index (χ2v) is 1.84. The van der Waals surface area contributed by atoms with E-state index in [1.807, 2.05) is 0 Å². The number of carbonyl (C=O) groups is 1. The van der Waals surface area contributed by atoms with Crippen molar-refractivity contribution in [1.82, 2.24) is 0 Å². The van der Waals surface area contributed by atoms with E-state index in [1.54, 1.807) is 6.92 Å². The first kappa shape index (κ1) is 8.89. The summed E-state index contributed by atoms with van der Waals surface area (Å²) in [6, 6.07) is 1.18. The third-order valence-electron chi connectivity index (χ3n) is 0.869. The standard InChI is InChI=1S/C6H8FNO2/c1-3-10-5(9)6(2,7)4-8/h3H2,1-2H3. The third-order valence-corrected chi connectivity index (χ3v) is 0.869. The van der Waals surface area contributed by atoms with Crippen LogP contribution in [-0.2, 0) is 9.53 Å². The van der Waals surface area contributed by atoms with Gasteiger partial charge in [0.1, 0.15) is 6.07 Å². The van der Waals surface area contributed by atoms with Crippen LogP contribution in [0.3, 0.4) is 0 Å². The molecule has 0 saturated carbocycles. The van der Waals surface area contributed by atoms with Crippen LogP contribution in [-0.4, -0.2) is 18.2 Å². The summed E-state index contributed by atoms with van der Waals surface area (Å²) in [4.78, 5) is 10.5. The van der Waals surface area contributed by atoms with E-state index in [9.17, 15) is 9.18 Å². The van der Waals surface area contributed by atoms with Gasteiger partial charge in [-0.1, -0.05) is 0 Å². The summed E-state index contributed by atoms with van der Waals surface area (Å²) in [6.07, 6.45) is 0. The van der Waals surface area contributed by atoms with Crippen LogP contribution in [0.5, 0.6) is 0 Å². The minimum atomic E-state index is -2.50. The Kier molecular flexibility index (Phi) is 2.81. The fourth-order valence-electron chi connectivity index (χ4n) is 0.312. The zero-order valence-corrected chi connectivity index (χ0v) is 5.85. The first-order valence-electron chi connectivity index (χ1n) is 2.82. The normalized spacial score (nSPS) is 15.0. The number of ether oxygens (including phenoxy) is 1. The molecule has 0 spiro atoms. The van der Waals surface area contributed by atoms with E-state index in [0.717, 1.165) is 6.92 Å². The van der Waals surface area contributed by atoms with Gasteiger partial charge in [-0.3, -0.25) is 0 Å². The first-order chi connectivity index (χ1) is 4.54. The van der Waals surface area contributed by atoms with Gasteiger partial charge in [0.05, 0.1) is 6.61 Å². The highest BCUT2D eigenvalue weighted by Crippen LogP contribution is 2.09. The molecule has 0 heterocycles. The highest BCUT2D eigenvalue weighted by Gasteiger charge is 2.34. The minimum Gasteiger partial charge on any atom is -0.463 e. The van der Waals surface area contributed by atoms with E-state index >= 15 is 0 Å². The molecule has 3 nitrogen and oxygen atoms in total. The van der Waals surface area contributed by atoms with Crippen LogP contribution in [0.25, 0.3) is 0 Å². The van der Waals surface area contributed by atoms with Crippen molar-refractivity contribution in [2.24, 2.45) is 0 Å². The summed E-state index contributed by atoms with van der Waals surface area (Å²) in [6.45, 7) is 2.50.